The SMILES string of the molecule is O=C(CCN1C(=O)C(=Cc2ccco2)SC1=S)NNC(=O)c1ccccc1Cl. The number of hydrogen-bond donors (Lipinski definition) is 2. The fourth-order valence-corrected chi connectivity index (χ4v) is 3.82. The van der Waals surface area contributed by atoms with E-state index in [0.29, 0.717) is 15.0 Å². The molecule has 3 rings (SSSR count). The minimum absolute atomic E-state index is 0.0384. The molecule has 1 fully saturated rings. The number of halogens is 1. The van der Waals surface area contributed by atoms with Gasteiger partial charge in [0.15, 0.2) is 0 Å². The summed E-state index contributed by atoms with van der Waals surface area (Å²) in [6.45, 7) is 0.0912. The van der Waals surface area contributed by atoms with Crippen LogP contribution in [0.25, 0.3) is 6.08 Å². The second-order valence-corrected chi connectivity index (χ2v) is 7.66. The normalized spacial score (nSPS) is 15.2. The first-order valence-corrected chi connectivity index (χ1v) is 9.68. The van der Waals surface area contributed by atoms with Crippen LogP contribution in [0, 0.1) is 0 Å². The van der Waals surface area contributed by atoms with E-state index in [1.54, 1.807) is 36.4 Å². The van der Waals surface area contributed by atoms with E-state index in [2.05, 4.69) is 10.9 Å². The highest BCUT2D eigenvalue weighted by Crippen LogP contribution is 2.32. The lowest BCUT2D eigenvalue weighted by molar-refractivity contribution is -0.124. The van der Waals surface area contributed by atoms with E-state index < -0.39 is 11.8 Å². The Hall–Kier alpha value is -2.62. The maximum absolute atomic E-state index is 12.4. The summed E-state index contributed by atoms with van der Waals surface area (Å²) < 4.78 is 5.55. The van der Waals surface area contributed by atoms with Crippen molar-refractivity contribution in [3.8, 4) is 0 Å². The van der Waals surface area contributed by atoms with E-state index >= 15 is 0 Å². The van der Waals surface area contributed by atoms with Crippen LogP contribution in [0.4, 0.5) is 0 Å². The number of amides is 3. The van der Waals surface area contributed by atoms with Gasteiger partial charge in [0.2, 0.25) is 5.91 Å². The number of hydrogen-bond acceptors (Lipinski definition) is 6. The van der Waals surface area contributed by atoms with Gasteiger partial charge in [-0.05, 0) is 24.3 Å². The van der Waals surface area contributed by atoms with Crippen LogP contribution in [0.1, 0.15) is 22.5 Å². The molecule has 0 unspecified atom stereocenters. The van der Waals surface area contributed by atoms with Gasteiger partial charge >= 0.3 is 0 Å². The summed E-state index contributed by atoms with van der Waals surface area (Å²) in [5.41, 5.74) is 4.82. The van der Waals surface area contributed by atoms with Gasteiger partial charge in [-0.1, -0.05) is 47.7 Å². The Kier molecular flexibility index (Phi) is 6.50. The van der Waals surface area contributed by atoms with E-state index in [1.807, 2.05) is 0 Å². The summed E-state index contributed by atoms with van der Waals surface area (Å²) in [4.78, 5) is 38.2. The molecule has 0 radical (unpaired) electrons. The number of furan rings is 1. The van der Waals surface area contributed by atoms with Gasteiger partial charge in [-0.2, -0.15) is 0 Å². The minimum Gasteiger partial charge on any atom is -0.465 e. The molecule has 0 saturated carbocycles. The third-order valence-electron chi connectivity index (χ3n) is 3.69. The van der Waals surface area contributed by atoms with Gasteiger partial charge in [-0.25, -0.2) is 0 Å². The van der Waals surface area contributed by atoms with E-state index in [0.717, 1.165) is 11.8 Å². The van der Waals surface area contributed by atoms with Crippen LogP contribution in [0.5, 0.6) is 0 Å². The molecule has 1 aromatic carbocycles. The molecule has 28 heavy (non-hydrogen) atoms. The van der Waals surface area contributed by atoms with E-state index in [1.165, 1.54) is 17.2 Å². The highest BCUT2D eigenvalue weighted by molar-refractivity contribution is 8.26. The number of hydrazine groups is 1. The van der Waals surface area contributed by atoms with E-state index in [4.69, 9.17) is 28.2 Å². The molecule has 2 aromatic rings. The van der Waals surface area contributed by atoms with Crippen LogP contribution in [0.15, 0.2) is 52.0 Å². The average Bonchev–Trinajstić information content (AvgIpc) is 3.27. The van der Waals surface area contributed by atoms with Crippen molar-refractivity contribution in [2.45, 2.75) is 6.42 Å². The van der Waals surface area contributed by atoms with E-state index in [9.17, 15) is 14.4 Å². The second kappa shape index (κ2) is 9.05. The van der Waals surface area contributed by atoms with Crippen molar-refractivity contribution in [3.63, 3.8) is 0 Å². The molecule has 1 saturated heterocycles. The van der Waals surface area contributed by atoms with Crippen molar-refractivity contribution in [1.29, 1.82) is 0 Å². The molecule has 1 aromatic heterocycles. The molecular weight excluding hydrogens is 422 g/mol. The van der Waals surface area contributed by atoms with Crippen molar-refractivity contribution in [3.05, 3.63) is 63.9 Å². The molecule has 0 atom stereocenters. The van der Waals surface area contributed by atoms with Crippen molar-refractivity contribution < 1.29 is 18.8 Å². The highest BCUT2D eigenvalue weighted by Gasteiger charge is 2.32. The number of thiocarbonyl (C=S) groups is 1. The summed E-state index contributed by atoms with van der Waals surface area (Å²) in [5.74, 6) is -0.754. The number of nitrogens with zero attached hydrogens (tertiary/aromatic N) is 1. The highest BCUT2D eigenvalue weighted by atomic mass is 35.5. The number of benzene rings is 1. The Morgan fingerprint density at radius 3 is 2.71 bits per heavy atom. The second-order valence-electron chi connectivity index (χ2n) is 5.58. The third-order valence-corrected chi connectivity index (χ3v) is 5.39. The summed E-state index contributed by atoms with van der Waals surface area (Å²) in [6, 6.07) is 9.91. The quantitative estimate of drug-likeness (QED) is 0.426. The fourth-order valence-electron chi connectivity index (χ4n) is 2.31. The van der Waals surface area contributed by atoms with Gasteiger partial charge in [-0.15, -0.1) is 0 Å². The summed E-state index contributed by atoms with van der Waals surface area (Å²) in [6.07, 6.45) is 3.07. The lowest BCUT2D eigenvalue weighted by atomic mass is 10.2. The third kappa shape index (κ3) is 4.80. The van der Waals surface area contributed by atoms with Crippen LogP contribution < -0.4 is 10.9 Å². The van der Waals surface area contributed by atoms with Crippen molar-refractivity contribution in [2.75, 3.05) is 6.54 Å². The monoisotopic (exact) mass is 435 g/mol. The lowest BCUT2D eigenvalue weighted by Crippen LogP contribution is -2.43. The van der Waals surface area contributed by atoms with Crippen LogP contribution in [0.3, 0.4) is 0 Å². The van der Waals surface area contributed by atoms with Crippen molar-refractivity contribution in [2.24, 2.45) is 0 Å². The molecule has 2 N–H and O–H groups in total. The number of carbonyl (C=O) groups excluding carboxylic acids is 3. The first-order valence-electron chi connectivity index (χ1n) is 8.08. The predicted molar refractivity (Wildman–Crippen MR) is 110 cm³/mol. The number of thioether (sulfide) groups is 1. The molecular formula is C18H14ClN3O4S2. The Morgan fingerprint density at radius 2 is 2.00 bits per heavy atom. The van der Waals surface area contributed by atoms with Crippen LogP contribution in [0.2, 0.25) is 5.02 Å². The smallest absolute Gasteiger partial charge is 0.271 e. The summed E-state index contributed by atoms with van der Waals surface area (Å²) in [5, 5.41) is 0.273. The van der Waals surface area contributed by atoms with Gasteiger partial charge < -0.3 is 4.42 Å². The van der Waals surface area contributed by atoms with Gasteiger partial charge in [0.05, 0.1) is 21.8 Å². The van der Waals surface area contributed by atoms with Gasteiger partial charge in [0.25, 0.3) is 11.8 Å². The lowest BCUT2D eigenvalue weighted by Gasteiger charge is -2.14. The zero-order valence-corrected chi connectivity index (χ0v) is 16.7. The Balaban J connectivity index is 1.50. The average molecular weight is 436 g/mol. The maximum Gasteiger partial charge on any atom is 0.271 e. The molecule has 3 amide bonds. The van der Waals surface area contributed by atoms with Gasteiger partial charge in [-0.3, -0.25) is 30.1 Å². The molecule has 10 heteroatoms. The van der Waals surface area contributed by atoms with Gasteiger partial charge in [0, 0.05) is 19.0 Å². The molecule has 0 spiro atoms. The molecule has 1 aliphatic heterocycles. The summed E-state index contributed by atoms with van der Waals surface area (Å²) >= 11 is 12.3. The first-order chi connectivity index (χ1) is 13.5. The van der Waals surface area contributed by atoms with Crippen LogP contribution in [-0.2, 0) is 9.59 Å². The molecule has 1 aliphatic rings. The predicted octanol–water partition coefficient (Wildman–Crippen LogP) is 2.99. The minimum atomic E-state index is -0.536. The Bertz CT molecular complexity index is 960. The molecule has 7 nitrogen and oxygen atoms in total. The Labute approximate surface area is 175 Å². The number of nitrogens with one attached hydrogen (secondary N) is 2. The zero-order valence-electron chi connectivity index (χ0n) is 14.3. The van der Waals surface area contributed by atoms with Crippen molar-refractivity contribution in [1.82, 2.24) is 15.8 Å². The standard InChI is InChI=1S/C18H14ClN3O4S2/c19-13-6-2-1-5-12(13)16(24)21-20-15(23)7-8-22-17(25)14(28-18(22)27)10-11-4-3-9-26-11/h1-6,9-10H,7-8H2,(H,20,23)(H,21,24). The van der Waals surface area contributed by atoms with Gasteiger partial charge in [0.1, 0.15) is 10.1 Å². The van der Waals surface area contributed by atoms with E-state index in [-0.39, 0.29) is 29.5 Å². The number of rotatable bonds is 5. The molecule has 144 valence electrons. The zero-order chi connectivity index (χ0) is 20.1. The first kappa shape index (κ1) is 20.1. The molecule has 2 heterocycles. The largest absolute Gasteiger partial charge is 0.465 e. The summed E-state index contributed by atoms with van der Waals surface area (Å²) in [7, 11) is 0. The van der Waals surface area contributed by atoms with Crippen molar-refractivity contribution >= 4 is 63.7 Å². The molecule has 0 bridgehead atoms. The topological polar surface area (TPSA) is 91.7 Å². The molecule has 0 aliphatic carbocycles. The van der Waals surface area contributed by atoms with Crippen LogP contribution in [-0.4, -0.2) is 33.5 Å². The Morgan fingerprint density at radius 1 is 1.21 bits per heavy atom. The maximum atomic E-state index is 12.4. The van der Waals surface area contributed by atoms with Crippen LogP contribution >= 0.6 is 35.6 Å². The fraction of sp³-hybridized carbons (Fsp3) is 0.111. The number of carbonyl (C=O) groups is 3.